The maximum atomic E-state index is 14.8. The monoisotopic (exact) mass is 390 g/mol. The number of benzene rings is 2. The zero-order valence-corrected chi connectivity index (χ0v) is 16.7. The summed E-state index contributed by atoms with van der Waals surface area (Å²) in [6.45, 7) is 4.30. The molecule has 1 nitrogen and oxygen atoms in total. The van der Waals surface area contributed by atoms with E-state index in [-0.39, 0.29) is 17.2 Å². The summed E-state index contributed by atoms with van der Waals surface area (Å²) in [5, 5.41) is 0. The van der Waals surface area contributed by atoms with Crippen LogP contribution in [0.5, 0.6) is 5.75 Å². The van der Waals surface area contributed by atoms with Gasteiger partial charge in [0, 0.05) is 5.56 Å². The van der Waals surface area contributed by atoms with E-state index in [1.807, 2.05) is 0 Å². The fourth-order valence-electron chi connectivity index (χ4n) is 4.30. The molecule has 0 aliphatic heterocycles. The molecule has 1 aliphatic carbocycles. The van der Waals surface area contributed by atoms with Crippen LogP contribution in [0.4, 0.5) is 13.2 Å². The minimum Gasteiger partial charge on any atom is -0.491 e. The zero-order chi connectivity index (χ0) is 20.1. The fourth-order valence-corrected chi connectivity index (χ4v) is 4.30. The van der Waals surface area contributed by atoms with Gasteiger partial charge in [0.05, 0.1) is 6.61 Å². The van der Waals surface area contributed by atoms with Crippen molar-refractivity contribution in [2.75, 3.05) is 6.61 Å². The van der Waals surface area contributed by atoms with Crippen molar-refractivity contribution >= 4 is 0 Å². The lowest BCUT2D eigenvalue weighted by atomic mass is 9.76. The normalized spacial score (nSPS) is 19.6. The molecule has 0 spiro atoms. The van der Waals surface area contributed by atoms with E-state index in [0.29, 0.717) is 17.7 Å². The van der Waals surface area contributed by atoms with Gasteiger partial charge in [0.25, 0.3) is 0 Å². The first-order valence-corrected chi connectivity index (χ1v) is 10.5. The van der Waals surface area contributed by atoms with E-state index in [4.69, 9.17) is 4.74 Å². The van der Waals surface area contributed by atoms with Crippen molar-refractivity contribution in [2.24, 2.45) is 5.92 Å². The molecule has 0 bridgehead atoms. The molecule has 0 atom stereocenters. The van der Waals surface area contributed by atoms with Crippen LogP contribution in [0.2, 0.25) is 0 Å². The van der Waals surface area contributed by atoms with E-state index < -0.39 is 17.5 Å². The molecular formula is C24H29F3O. The van der Waals surface area contributed by atoms with Crippen LogP contribution in [0.3, 0.4) is 0 Å². The zero-order valence-electron chi connectivity index (χ0n) is 16.7. The predicted molar refractivity (Wildman–Crippen MR) is 107 cm³/mol. The minimum atomic E-state index is -0.894. The van der Waals surface area contributed by atoms with E-state index >= 15 is 0 Å². The molecule has 28 heavy (non-hydrogen) atoms. The Morgan fingerprint density at radius 2 is 1.68 bits per heavy atom. The van der Waals surface area contributed by atoms with Crippen molar-refractivity contribution in [1.82, 2.24) is 0 Å². The number of rotatable bonds is 7. The van der Waals surface area contributed by atoms with Crippen LogP contribution in [-0.2, 0) is 0 Å². The summed E-state index contributed by atoms with van der Waals surface area (Å²) in [4.78, 5) is 0. The van der Waals surface area contributed by atoms with Gasteiger partial charge in [0.1, 0.15) is 0 Å². The molecule has 2 aromatic rings. The number of ether oxygens (including phenoxy) is 1. The highest BCUT2D eigenvalue weighted by molar-refractivity contribution is 5.66. The number of hydrogen-bond donors (Lipinski definition) is 0. The van der Waals surface area contributed by atoms with Crippen molar-refractivity contribution < 1.29 is 17.9 Å². The maximum Gasteiger partial charge on any atom is 0.166 e. The Hall–Kier alpha value is -1.97. The van der Waals surface area contributed by atoms with Crippen LogP contribution < -0.4 is 4.74 Å². The predicted octanol–water partition coefficient (Wildman–Crippen LogP) is 7.63. The van der Waals surface area contributed by atoms with Crippen molar-refractivity contribution in [3.8, 4) is 16.9 Å². The molecule has 1 aliphatic rings. The van der Waals surface area contributed by atoms with Gasteiger partial charge in [-0.05, 0) is 67.7 Å². The van der Waals surface area contributed by atoms with Gasteiger partial charge in [0.15, 0.2) is 23.2 Å². The Morgan fingerprint density at radius 3 is 2.32 bits per heavy atom. The average Bonchev–Trinajstić information content (AvgIpc) is 2.71. The van der Waals surface area contributed by atoms with E-state index in [1.54, 1.807) is 25.1 Å². The topological polar surface area (TPSA) is 9.23 Å². The summed E-state index contributed by atoms with van der Waals surface area (Å²) in [5.41, 5.74) is 0.855. The molecule has 4 heteroatoms. The largest absolute Gasteiger partial charge is 0.491 e. The standard InChI is InChI=1S/C24H29F3O/c1-3-5-6-16-7-9-17(10-8-16)19-12-13-20(24(27)23(19)26)18-11-14-22(28-4-2)21(25)15-18/h11-17H,3-10H2,1-2H3. The lowest BCUT2D eigenvalue weighted by Gasteiger charge is -2.29. The second-order valence-electron chi connectivity index (χ2n) is 7.77. The number of unbranched alkanes of at least 4 members (excludes halogenated alkanes) is 1. The molecule has 2 aromatic carbocycles. The molecule has 0 unspecified atom stereocenters. The minimum absolute atomic E-state index is 0.0680. The van der Waals surface area contributed by atoms with Crippen molar-refractivity contribution in [2.45, 2.75) is 64.7 Å². The van der Waals surface area contributed by atoms with E-state index in [9.17, 15) is 13.2 Å². The van der Waals surface area contributed by atoms with Gasteiger partial charge in [-0.25, -0.2) is 13.2 Å². The first-order valence-electron chi connectivity index (χ1n) is 10.5. The van der Waals surface area contributed by atoms with Gasteiger partial charge in [-0.2, -0.15) is 0 Å². The number of halogens is 3. The number of hydrogen-bond acceptors (Lipinski definition) is 1. The first kappa shape index (κ1) is 20.8. The lowest BCUT2D eigenvalue weighted by Crippen LogP contribution is -2.15. The van der Waals surface area contributed by atoms with Crippen molar-refractivity contribution in [1.29, 1.82) is 0 Å². The second-order valence-corrected chi connectivity index (χ2v) is 7.77. The summed E-state index contributed by atoms with van der Waals surface area (Å²) in [6.07, 6.45) is 7.65. The van der Waals surface area contributed by atoms with Gasteiger partial charge in [-0.15, -0.1) is 0 Å². The fraction of sp³-hybridized carbons (Fsp3) is 0.500. The van der Waals surface area contributed by atoms with Crippen LogP contribution in [0, 0.1) is 23.4 Å². The third-order valence-corrected chi connectivity index (χ3v) is 5.91. The van der Waals surface area contributed by atoms with Gasteiger partial charge in [-0.3, -0.25) is 0 Å². The molecule has 152 valence electrons. The molecule has 0 heterocycles. The van der Waals surface area contributed by atoms with Crippen molar-refractivity contribution in [3.05, 3.63) is 53.3 Å². The smallest absolute Gasteiger partial charge is 0.166 e. The average molecular weight is 390 g/mol. The summed E-state index contributed by atoms with van der Waals surface area (Å²) < 4.78 is 48.9. The van der Waals surface area contributed by atoms with Crippen LogP contribution >= 0.6 is 0 Å². The maximum absolute atomic E-state index is 14.8. The highest BCUT2D eigenvalue weighted by Gasteiger charge is 2.26. The Bertz CT molecular complexity index is 795. The summed E-state index contributed by atoms with van der Waals surface area (Å²) in [7, 11) is 0. The Morgan fingerprint density at radius 1 is 0.929 bits per heavy atom. The molecule has 1 saturated carbocycles. The summed E-state index contributed by atoms with van der Waals surface area (Å²) in [6, 6.07) is 7.47. The summed E-state index contributed by atoms with van der Waals surface area (Å²) in [5.74, 6) is -1.36. The molecule has 0 N–H and O–H groups in total. The van der Waals surface area contributed by atoms with Gasteiger partial charge >= 0.3 is 0 Å². The molecule has 3 rings (SSSR count). The van der Waals surface area contributed by atoms with Gasteiger partial charge in [0.2, 0.25) is 0 Å². The third-order valence-electron chi connectivity index (χ3n) is 5.91. The van der Waals surface area contributed by atoms with Crippen molar-refractivity contribution in [3.63, 3.8) is 0 Å². The first-order chi connectivity index (χ1) is 13.5. The lowest BCUT2D eigenvalue weighted by molar-refractivity contribution is 0.299. The Balaban J connectivity index is 1.78. The van der Waals surface area contributed by atoms with Crippen LogP contribution in [0.25, 0.3) is 11.1 Å². The Labute approximate surface area is 165 Å². The summed E-state index contributed by atoms with van der Waals surface area (Å²) >= 11 is 0. The quantitative estimate of drug-likeness (QED) is 0.472. The third kappa shape index (κ3) is 4.53. The highest BCUT2D eigenvalue weighted by atomic mass is 19.2. The second kappa shape index (κ2) is 9.49. The van der Waals surface area contributed by atoms with Crippen LogP contribution in [-0.4, -0.2) is 6.61 Å². The molecule has 0 aromatic heterocycles. The molecule has 1 fully saturated rings. The molecule has 0 amide bonds. The molecule has 0 radical (unpaired) electrons. The van der Waals surface area contributed by atoms with Crippen LogP contribution in [0.15, 0.2) is 30.3 Å². The van der Waals surface area contributed by atoms with Gasteiger partial charge in [-0.1, -0.05) is 44.4 Å². The Kier molecular flexibility index (Phi) is 7.03. The molecular weight excluding hydrogens is 361 g/mol. The molecule has 0 saturated heterocycles. The SMILES string of the molecule is CCCCC1CCC(c2ccc(-c3ccc(OCC)c(F)c3)c(F)c2F)CC1. The van der Waals surface area contributed by atoms with Crippen LogP contribution in [0.1, 0.15) is 70.3 Å². The van der Waals surface area contributed by atoms with E-state index in [2.05, 4.69) is 6.92 Å². The van der Waals surface area contributed by atoms with E-state index in [0.717, 1.165) is 31.6 Å². The van der Waals surface area contributed by atoms with Gasteiger partial charge < -0.3 is 4.74 Å². The van der Waals surface area contributed by atoms with E-state index in [1.165, 1.54) is 31.4 Å². The highest BCUT2D eigenvalue weighted by Crippen LogP contribution is 2.40.